The van der Waals surface area contributed by atoms with Crippen molar-refractivity contribution < 1.29 is 9.59 Å². The van der Waals surface area contributed by atoms with Gasteiger partial charge in [-0.05, 0) is 36.6 Å². The Morgan fingerprint density at radius 3 is 2.48 bits per heavy atom. The zero-order chi connectivity index (χ0) is 15.2. The lowest BCUT2D eigenvalue weighted by molar-refractivity contribution is -0.117. The van der Waals surface area contributed by atoms with Gasteiger partial charge in [0, 0.05) is 10.4 Å². The molecule has 0 radical (unpaired) electrons. The average molecular weight is 301 g/mol. The molecule has 0 fully saturated rings. The number of amides is 2. The maximum absolute atomic E-state index is 12.1. The number of benzene rings is 1. The van der Waals surface area contributed by atoms with E-state index in [0.717, 1.165) is 10.4 Å². The summed E-state index contributed by atoms with van der Waals surface area (Å²) in [6.45, 7) is 1.94. The molecule has 0 atom stereocenters. The first kappa shape index (κ1) is 15.0. The van der Waals surface area contributed by atoms with Crippen LogP contribution < -0.4 is 16.6 Å². The second-order valence-corrected chi connectivity index (χ2v) is 5.35. The summed E-state index contributed by atoms with van der Waals surface area (Å²) in [5.41, 5.74) is 3.66. The number of carbonyl (C=O) groups is 2. The van der Waals surface area contributed by atoms with E-state index in [9.17, 15) is 9.59 Å². The Labute approximate surface area is 126 Å². The molecule has 2 amide bonds. The largest absolute Gasteiger partial charge is 0.317 e. The number of nitrogens with one attached hydrogen (secondary N) is 2. The van der Waals surface area contributed by atoms with Gasteiger partial charge in [0.1, 0.15) is 5.70 Å². The molecule has 108 valence electrons. The second kappa shape index (κ2) is 6.83. The fourth-order valence-corrected chi connectivity index (χ4v) is 2.31. The molecule has 0 aliphatic heterocycles. The van der Waals surface area contributed by atoms with E-state index in [0.29, 0.717) is 5.56 Å². The van der Waals surface area contributed by atoms with E-state index in [1.54, 1.807) is 18.2 Å². The minimum Gasteiger partial charge on any atom is -0.317 e. The Bertz CT molecular complexity index is 661. The fraction of sp³-hybridized carbons (Fsp3) is 0.0667. The van der Waals surface area contributed by atoms with Crippen LogP contribution in [0.25, 0.3) is 6.08 Å². The highest BCUT2D eigenvalue weighted by Crippen LogP contribution is 2.13. The number of rotatable bonds is 4. The molecule has 2 rings (SSSR count). The van der Waals surface area contributed by atoms with Crippen molar-refractivity contribution in [2.45, 2.75) is 6.92 Å². The molecule has 0 spiro atoms. The number of hydrazine groups is 1. The molecule has 2 aromatic rings. The first-order valence-corrected chi connectivity index (χ1v) is 7.12. The van der Waals surface area contributed by atoms with Gasteiger partial charge >= 0.3 is 0 Å². The molecule has 0 saturated carbocycles. The highest BCUT2D eigenvalue weighted by molar-refractivity contribution is 7.10. The number of hydrogen-bond donors (Lipinski definition) is 3. The van der Waals surface area contributed by atoms with Crippen molar-refractivity contribution in [3.8, 4) is 0 Å². The van der Waals surface area contributed by atoms with Crippen molar-refractivity contribution in [1.29, 1.82) is 0 Å². The highest BCUT2D eigenvalue weighted by atomic mass is 32.1. The molecule has 21 heavy (non-hydrogen) atoms. The smallest absolute Gasteiger partial charge is 0.281 e. The molecule has 4 N–H and O–H groups in total. The van der Waals surface area contributed by atoms with E-state index >= 15 is 0 Å². The van der Waals surface area contributed by atoms with E-state index in [4.69, 9.17) is 5.84 Å². The number of carbonyl (C=O) groups excluding carboxylic acids is 2. The molecule has 0 aliphatic rings. The van der Waals surface area contributed by atoms with Crippen LogP contribution in [-0.2, 0) is 4.79 Å². The maximum atomic E-state index is 12.1. The van der Waals surface area contributed by atoms with Gasteiger partial charge in [0.2, 0.25) is 0 Å². The van der Waals surface area contributed by atoms with E-state index in [1.807, 2.05) is 42.0 Å². The summed E-state index contributed by atoms with van der Waals surface area (Å²) in [6, 6.07) is 10.8. The Morgan fingerprint density at radius 1 is 1.19 bits per heavy atom. The van der Waals surface area contributed by atoms with E-state index in [1.165, 1.54) is 11.3 Å². The van der Waals surface area contributed by atoms with Gasteiger partial charge in [0.05, 0.1) is 0 Å². The Kier molecular flexibility index (Phi) is 4.86. The molecular formula is C15H15N3O2S. The van der Waals surface area contributed by atoms with Gasteiger partial charge in [-0.2, -0.15) is 0 Å². The van der Waals surface area contributed by atoms with Crippen LogP contribution in [0.3, 0.4) is 0 Å². The summed E-state index contributed by atoms with van der Waals surface area (Å²) in [7, 11) is 0. The van der Waals surface area contributed by atoms with Crippen LogP contribution in [0.5, 0.6) is 0 Å². The summed E-state index contributed by atoms with van der Waals surface area (Å²) in [4.78, 5) is 24.7. The molecule has 0 saturated heterocycles. The minimum absolute atomic E-state index is 0.102. The first-order chi connectivity index (χ1) is 10.1. The molecular weight excluding hydrogens is 286 g/mol. The normalized spacial score (nSPS) is 11.0. The summed E-state index contributed by atoms with van der Waals surface area (Å²) < 4.78 is 0. The van der Waals surface area contributed by atoms with Gasteiger partial charge < -0.3 is 5.32 Å². The summed E-state index contributed by atoms with van der Waals surface area (Å²) in [6.07, 6.45) is 1.58. The van der Waals surface area contributed by atoms with Gasteiger partial charge in [0.15, 0.2) is 0 Å². The standard InChI is InChI=1S/C15H15N3O2S/c1-10-4-6-11(7-5-10)14(19)17-13(15(20)18-16)9-12-3-2-8-21-12/h2-9H,16H2,1H3,(H,17,19)(H,18,20)/b13-9+. The lowest BCUT2D eigenvalue weighted by Gasteiger charge is -2.08. The molecule has 1 aromatic carbocycles. The quantitative estimate of drug-likeness (QED) is 0.348. The summed E-state index contributed by atoms with van der Waals surface area (Å²) in [5, 5.41) is 4.46. The Balaban J connectivity index is 2.21. The molecule has 0 aliphatic carbocycles. The van der Waals surface area contributed by atoms with Gasteiger partial charge in [-0.15, -0.1) is 11.3 Å². The highest BCUT2D eigenvalue weighted by Gasteiger charge is 2.13. The lowest BCUT2D eigenvalue weighted by atomic mass is 10.1. The number of nitrogens with two attached hydrogens (primary N) is 1. The van der Waals surface area contributed by atoms with Crippen LogP contribution in [0.1, 0.15) is 20.8 Å². The van der Waals surface area contributed by atoms with Gasteiger partial charge in [0.25, 0.3) is 11.8 Å². The van der Waals surface area contributed by atoms with E-state index < -0.39 is 5.91 Å². The monoisotopic (exact) mass is 301 g/mol. The maximum Gasteiger partial charge on any atom is 0.281 e. The van der Waals surface area contributed by atoms with Crippen molar-refractivity contribution in [3.05, 3.63) is 63.5 Å². The van der Waals surface area contributed by atoms with E-state index in [-0.39, 0.29) is 11.6 Å². The third kappa shape index (κ3) is 4.01. The van der Waals surface area contributed by atoms with Crippen molar-refractivity contribution in [3.63, 3.8) is 0 Å². The third-order valence-electron chi connectivity index (χ3n) is 2.77. The van der Waals surface area contributed by atoms with Gasteiger partial charge in [-0.1, -0.05) is 23.8 Å². The fourth-order valence-electron chi connectivity index (χ4n) is 1.65. The number of hydrogen-bond acceptors (Lipinski definition) is 4. The van der Waals surface area contributed by atoms with Crippen LogP contribution in [0, 0.1) is 6.92 Å². The average Bonchev–Trinajstić information content (AvgIpc) is 2.99. The van der Waals surface area contributed by atoms with E-state index in [2.05, 4.69) is 5.32 Å². The summed E-state index contributed by atoms with van der Waals surface area (Å²) in [5.74, 6) is 4.24. The summed E-state index contributed by atoms with van der Waals surface area (Å²) >= 11 is 1.46. The zero-order valence-corrected chi connectivity index (χ0v) is 12.2. The predicted molar refractivity (Wildman–Crippen MR) is 83.3 cm³/mol. The van der Waals surface area contributed by atoms with Crippen LogP contribution in [0.4, 0.5) is 0 Å². The van der Waals surface area contributed by atoms with Crippen LogP contribution >= 0.6 is 11.3 Å². The molecule has 0 unspecified atom stereocenters. The lowest BCUT2D eigenvalue weighted by Crippen LogP contribution is -2.38. The topological polar surface area (TPSA) is 84.2 Å². The molecule has 6 heteroatoms. The third-order valence-corrected chi connectivity index (χ3v) is 3.59. The predicted octanol–water partition coefficient (Wildman–Crippen LogP) is 1.82. The van der Waals surface area contributed by atoms with Crippen molar-refractivity contribution in [1.82, 2.24) is 10.7 Å². The van der Waals surface area contributed by atoms with Crippen molar-refractivity contribution in [2.24, 2.45) is 5.84 Å². The molecule has 5 nitrogen and oxygen atoms in total. The van der Waals surface area contributed by atoms with Crippen molar-refractivity contribution in [2.75, 3.05) is 0 Å². The SMILES string of the molecule is Cc1ccc(C(=O)N/C(=C/c2cccs2)C(=O)NN)cc1. The molecule has 0 bridgehead atoms. The number of aryl methyl sites for hydroxylation is 1. The van der Waals surface area contributed by atoms with Crippen LogP contribution in [0.15, 0.2) is 47.5 Å². The first-order valence-electron chi connectivity index (χ1n) is 6.24. The number of thiophene rings is 1. The molecule has 1 heterocycles. The second-order valence-electron chi connectivity index (χ2n) is 4.37. The molecule has 1 aromatic heterocycles. The minimum atomic E-state index is -0.552. The zero-order valence-electron chi connectivity index (χ0n) is 11.4. The van der Waals surface area contributed by atoms with Crippen molar-refractivity contribution >= 4 is 29.2 Å². The van der Waals surface area contributed by atoms with Crippen LogP contribution in [0.2, 0.25) is 0 Å². The Hall–Kier alpha value is -2.44. The van der Waals surface area contributed by atoms with Gasteiger partial charge in [-0.25, -0.2) is 5.84 Å². The van der Waals surface area contributed by atoms with Gasteiger partial charge in [-0.3, -0.25) is 15.0 Å². The van der Waals surface area contributed by atoms with Crippen LogP contribution in [-0.4, -0.2) is 11.8 Å². The Morgan fingerprint density at radius 2 is 1.90 bits per heavy atom.